The predicted molar refractivity (Wildman–Crippen MR) is 74.1 cm³/mol. The van der Waals surface area contributed by atoms with Crippen LogP contribution in [0.1, 0.15) is 18.9 Å². The first-order chi connectivity index (χ1) is 8.82. The molecule has 2 unspecified atom stereocenters. The molecule has 1 aliphatic heterocycles. The SMILES string of the molecule is Cc1ccc(N)cc1S(=O)(=O)N1CCC(C)C(O)C1. The van der Waals surface area contributed by atoms with Crippen molar-refractivity contribution in [1.29, 1.82) is 0 Å². The van der Waals surface area contributed by atoms with Gasteiger partial charge in [0.25, 0.3) is 0 Å². The quantitative estimate of drug-likeness (QED) is 0.793. The molecule has 1 aromatic rings. The third-order valence-corrected chi connectivity index (χ3v) is 5.72. The summed E-state index contributed by atoms with van der Waals surface area (Å²) < 4.78 is 26.5. The predicted octanol–water partition coefficient (Wildman–Crippen LogP) is 0.969. The largest absolute Gasteiger partial charge is 0.399 e. The van der Waals surface area contributed by atoms with Crippen LogP contribution in [0.15, 0.2) is 23.1 Å². The van der Waals surface area contributed by atoms with E-state index < -0.39 is 16.1 Å². The van der Waals surface area contributed by atoms with E-state index in [1.807, 2.05) is 6.92 Å². The van der Waals surface area contributed by atoms with Crippen molar-refractivity contribution in [3.8, 4) is 0 Å². The van der Waals surface area contributed by atoms with Gasteiger partial charge in [-0.05, 0) is 37.0 Å². The van der Waals surface area contributed by atoms with E-state index in [0.29, 0.717) is 24.2 Å². The highest BCUT2D eigenvalue weighted by molar-refractivity contribution is 7.89. The van der Waals surface area contributed by atoms with Crippen LogP contribution in [0.25, 0.3) is 0 Å². The van der Waals surface area contributed by atoms with Crippen molar-refractivity contribution in [2.75, 3.05) is 18.8 Å². The van der Waals surface area contributed by atoms with Gasteiger partial charge in [-0.15, -0.1) is 0 Å². The summed E-state index contributed by atoms with van der Waals surface area (Å²) in [5.41, 5.74) is 6.77. The lowest BCUT2D eigenvalue weighted by Gasteiger charge is -2.33. The first-order valence-corrected chi connectivity index (χ1v) is 7.80. The van der Waals surface area contributed by atoms with E-state index in [4.69, 9.17) is 5.73 Å². The number of rotatable bonds is 2. The minimum atomic E-state index is -3.58. The summed E-state index contributed by atoms with van der Waals surface area (Å²) in [6.07, 6.45) is 0.0618. The van der Waals surface area contributed by atoms with Crippen LogP contribution in [0.2, 0.25) is 0 Å². The Morgan fingerprint density at radius 1 is 1.42 bits per heavy atom. The van der Waals surface area contributed by atoms with Gasteiger partial charge in [0.05, 0.1) is 11.0 Å². The van der Waals surface area contributed by atoms with Crippen LogP contribution >= 0.6 is 0 Å². The fraction of sp³-hybridized carbons (Fsp3) is 0.538. The van der Waals surface area contributed by atoms with Gasteiger partial charge in [0.1, 0.15) is 0 Å². The lowest BCUT2D eigenvalue weighted by Crippen LogP contribution is -2.45. The van der Waals surface area contributed by atoms with Crippen molar-refractivity contribution in [1.82, 2.24) is 4.31 Å². The van der Waals surface area contributed by atoms with Crippen LogP contribution in [-0.2, 0) is 10.0 Å². The molecule has 2 rings (SSSR count). The second-order valence-electron chi connectivity index (χ2n) is 5.22. The molecule has 0 aliphatic carbocycles. The number of nitrogens with two attached hydrogens (primary N) is 1. The smallest absolute Gasteiger partial charge is 0.243 e. The van der Waals surface area contributed by atoms with E-state index in [-0.39, 0.29) is 17.4 Å². The summed E-state index contributed by atoms with van der Waals surface area (Å²) in [6.45, 7) is 4.27. The molecular formula is C13H20N2O3S. The highest BCUT2D eigenvalue weighted by Crippen LogP contribution is 2.26. The number of aliphatic hydroxyl groups excluding tert-OH is 1. The number of sulfonamides is 1. The van der Waals surface area contributed by atoms with Gasteiger partial charge in [-0.25, -0.2) is 8.42 Å². The average molecular weight is 284 g/mol. The van der Waals surface area contributed by atoms with Gasteiger partial charge in [-0.3, -0.25) is 0 Å². The Bertz CT molecular complexity index is 571. The second-order valence-corrected chi connectivity index (χ2v) is 7.13. The first kappa shape index (κ1) is 14.3. The van der Waals surface area contributed by atoms with Crippen LogP contribution in [-0.4, -0.2) is 37.0 Å². The Hall–Kier alpha value is -1.11. The maximum absolute atomic E-state index is 12.6. The molecule has 1 saturated heterocycles. The number of β-amino-alcohol motifs (C(OH)–C–C–N with tert-alkyl or cyclic N) is 1. The molecular weight excluding hydrogens is 264 g/mol. The lowest BCUT2D eigenvalue weighted by atomic mass is 9.98. The molecule has 0 saturated carbocycles. The topological polar surface area (TPSA) is 83.6 Å². The number of aliphatic hydroxyl groups is 1. The Labute approximate surface area is 114 Å². The molecule has 0 amide bonds. The van der Waals surface area contributed by atoms with Crippen LogP contribution in [0, 0.1) is 12.8 Å². The second kappa shape index (κ2) is 5.11. The van der Waals surface area contributed by atoms with Crippen LogP contribution in [0.4, 0.5) is 5.69 Å². The zero-order valence-corrected chi connectivity index (χ0v) is 12.0. The van der Waals surface area contributed by atoms with E-state index in [2.05, 4.69) is 0 Å². The Kier molecular flexibility index (Phi) is 3.85. The number of hydrogen-bond acceptors (Lipinski definition) is 4. The number of nitrogens with zero attached hydrogens (tertiary/aromatic N) is 1. The van der Waals surface area contributed by atoms with Crippen LogP contribution < -0.4 is 5.73 Å². The molecule has 3 N–H and O–H groups in total. The molecule has 19 heavy (non-hydrogen) atoms. The molecule has 106 valence electrons. The zero-order chi connectivity index (χ0) is 14.2. The van der Waals surface area contributed by atoms with Gasteiger partial charge in [0, 0.05) is 18.8 Å². The van der Waals surface area contributed by atoms with E-state index >= 15 is 0 Å². The van der Waals surface area contributed by atoms with Crippen molar-refractivity contribution in [2.24, 2.45) is 5.92 Å². The Balaban J connectivity index is 2.35. The summed E-state index contributed by atoms with van der Waals surface area (Å²) in [5.74, 6) is 0.133. The van der Waals surface area contributed by atoms with Gasteiger partial charge in [-0.2, -0.15) is 4.31 Å². The number of benzene rings is 1. The van der Waals surface area contributed by atoms with E-state index in [0.717, 1.165) is 0 Å². The summed E-state index contributed by atoms with van der Waals surface area (Å²) in [6, 6.07) is 4.86. The van der Waals surface area contributed by atoms with Crippen LogP contribution in [0.5, 0.6) is 0 Å². The standard InChI is InChI=1S/C13H20N2O3S/c1-9-5-6-15(8-12(9)16)19(17,18)13-7-11(14)4-3-10(13)2/h3-4,7,9,12,16H,5-6,8,14H2,1-2H3. The number of piperidine rings is 1. The average Bonchev–Trinajstić information content (AvgIpc) is 2.35. The summed E-state index contributed by atoms with van der Waals surface area (Å²) in [7, 11) is -3.58. The molecule has 5 nitrogen and oxygen atoms in total. The lowest BCUT2D eigenvalue weighted by molar-refractivity contribution is 0.0605. The molecule has 0 spiro atoms. The molecule has 1 fully saturated rings. The van der Waals surface area contributed by atoms with Gasteiger partial charge < -0.3 is 10.8 Å². The number of aryl methyl sites for hydroxylation is 1. The third-order valence-electron chi connectivity index (χ3n) is 3.71. The number of hydrogen-bond donors (Lipinski definition) is 2. The van der Waals surface area contributed by atoms with Gasteiger partial charge in [0.2, 0.25) is 10.0 Å². The molecule has 2 atom stereocenters. The molecule has 0 aromatic heterocycles. The fourth-order valence-electron chi connectivity index (χ4n) is 2.27. The third kappa shape index (κ3) is 2.75. The minimum Gasteiger partial charge on any atom is -0.399 e. The molecule has 0 radical (unpaired) electrons. The minimum absolute atomic E-state index is 0.133. The number of nitrogen functional groups attached to an aromatic ring is 1. The maximum atomic E-state index is 12.6. The highest BCUT2D eigenvalue weighted by atomic mass is 32.2. The van der Waals surface area contributed by atoms with E-state index in [1.165, 1.54) is 10.4 Å². The van der Waals surface area contributed by atoms with Gasteiger partial charge in [0.15, 0.2) is 0 Å². The fourth-order valence-corrected chi connectivity index (χ4v) is 4.00. The monoisotopic (exact) mass is 284 g/mol. The maximum Gasteiger partial charge on any atom is 0.243 e. The normalized spacial score (nSPS) is 25.4. The first-order valence-electron chi connectivity index (χ1n) is 6.36. The van der Waals surface area contributed by atoms with Gasteiger partial charge >= 0.3 is 0 Å². The van der Waals surface area contributed by atoms with E-state index in [1.54, 1.807) is 19.1 Å². The zero-order valence-electron chi connectivity index (χ0n) is 11.2. The number of anilines is 1. The van der Waals surface area contributed by atoms with Crippen LogP contribution in [0.3, 0.4) is 0 Å². The van der Waals surface area contributed by atoms with Gasteiger partial charge in [-0.1, -0.05) is 13.0 Å². The summed E-state index contributed by atoms with van der Waals surface area (Å²) in [5, 5.41) is 9.85. The molecule has 1 heterocycles. The van der Waals surface area contributed by atoms with E-state index in [9.17, 15) is 13.5 Å². The van der Waals surface area contributed by atoms with Crippen molar-refractivity contribution in [3.05, 3.63) is 23.8 Å². The Morgan fingerprint density at radius 3 is 2.74 bits per heavy atom. The van der Waals surface area contributed by atoms with Crippen molar-refractivity contribution >= 4 is 15.7 Å². The Morgan fingerprint density at radius 2 is 2.11 bits per heavy atom. The summed E-state index contributed by atoms with van der Waals surface area (Å²) >= 11 is 0. The molecule has 1 aromatic carbocycles. The van der Waals surface area contributed by atoms with Crippen molar-refractivity contribution < 1.29 is 13.5 Å². The molecule has 6 heteroatoms. The van der Waals surface area contributed by atoms with Crippen molar-refractivity contribution in [3.63, 3.8) is 0 Å². The molecule has 1 aliphatic rings. The highest BCUT2D eigenvalue weighted by Gasteiger charge is 2.33. The summed E-state index contributed by atoms with van der Waals surface area (Å²) in [4.78, 5) is 0.231. The van der Waals surface area contributed by atoms with Crippen molar-refractivity contribution in [2.45, 2.75) is 31.3 Å². The molecule has 0 bridgehead atoms.